The zero-order valence-corrected chi connectivity index (χ0v) is 17.4. The molecule has 0 spiro atoms. The van der Waals surface area contributed by atoms with Gasteiger partial charge in [-0.25, -0.2) is 9.97 Å². The van der Waals surface area contributed by atoms with Gasteiger partial charge in [0.25, 0.3) is 5.91 Å². The van der Waals surface area contributed by atoms with Crippen LogP contribution in [-0.4, -0.2) is 39.8 Å². The van der Waals surface area contributed by atoms with Crippen LogP contribution in [0.1, 0.15) is 32.7 Å². The lowest BCUT2D eigenvalue weighted by Gasteiger charge is -2.24. The fraction of sp³-hybridized carbons (Fsp3) is 0.280. The van der Waals surface area contributed by atoms with Crippen molar-refractivity contribution in [2.75, 3.05) is 12.4 Å². The Hall–Kier alpha value is -3.54. The zero-order chi connectivity index (χ0) is 21.4. The molecule has 156 valence electrons. The molecular formula is C25H24N4O2. The SMILES string of the molecule is CN(C(=O)c1nccnc1NC(=O)C1Cc2ccccc2C1)C1Cc2ccccc2C1. The number of carbonyl (C=O) groups excluding carboxylic acids is 2. The maximum Gasteiger partial charge on any atom is 0.276 e. The van der Waals surface area contributed by atoms with Crippen molar-refractivity contribution in [3.05, 3.63) is 88.9 Å². The van der Waals surface area contributed by atoms with Gasteiger partial charge in [-0.05, 0) is 47.9 Å². The molecule has 0 atom stereocenters. The zero-order valence-electron chi connectivity index (χ0n) is 17.4. The maximum absolute atomic E-state index is 13.3. The number of rotatable bonds is 4. The lowest BCUT2D eigenvalue weighted by Crippen LogP contribution is -2.38. The highest BCUT2D eigenvalue weighted by molar-refractivity contribution is 6.01. The molecule has 0 bridgehead atoms. The van der Waals surface area contributed by atoms with Gasteiger partial charge < -0.3 is 10.2 Å². The average molecular weight is 412 g/mol. The van der Waals surface area contributed by atoms with Gasteiger partial charge in [0.1, 0.15) is 0 Å². The Morgan fingerprint density at radius 2 is 1.35 bits per heavy atom. The van der Waals surface area contributed by atoms with Crippen LogP contribution in [0.4, 0.5) is 5.82 Å². The number of anilines is 1. The van der Waals surface area contributed by atoms with Gasteiger partial charge in [0, 0.05) is 31.4 Å². The number of nitrogens with zero attached hydrogens (tertiary/aromatic N) is 3. The lowest BCUT2D eigenvalue weighted by atomic mass is 10.1. The average Bonchev–Trinajstić information content (AvgIpc) is 3.43. The van der Waals surface area contributed by atoms with Crippen LogP contribution in [0, 0.1) is 5.92 Å². The molecule has 0 fully saturated rings. The molecule has 2 aliphatic carbocycles. The highest BCUT2D eigenvalue weighted by atomic mass is 16.2. The van der Waals surface area contributed by atoms with Crippen LogP contribution in [0.3, 0.4) is 0 Å². The minimum Gasteiger partial charge on any atom is -0.337 e. The summed E-state index contributed by atoms with van der Waals surface area (Å²) in [5.41, 5.74) is 5.16. The fourth-order valence-electron chi connectivity index (χ4n) is 4.69. The van der Waals surface area contributed by atoms with E-state index in [0.717, 1.165) is 12.8 Å². The highest BCUT2D eigenvalue weighted by Gasteiger charge is 2.32. The second kappa shape index (κ2) is 7.95. The van der Waals surface area contributed by atoms with Crippen molar-refractivity contribution < 1.29 is 9.59 Å². The second-order valence-electron chi connectivity index (χ2n) is 8.36. The molecule has 1 aromatic heterocycles. The summed E-state index contributed by atoms with van der Waals surface area (Å²) in [7, 11) is 1.80. The lowest BCUT2D eigenvalue weighted by molar-refractivity contribution is -0.119. The maximum atomic E-state index is 13.3. The van der Waals surface area contributed by atoms with Crippen LogP contribution in [-0.2, 0) is 30.5 Å². The smallest absolute Gasteiger partial charge is 0.276 e. The first-order chi connectivity index (χ1) is 15.1. The summed E-state index contributed by atoms with van der Waals surface area (Å²) >= 11 is 0. The molecular weight excluding hydrogens is 388 g/mol. The van der Waals surface area contributed by atoms with Crippen molar-refractivity contribution in [3.8, 4) is 0 Å². The molecule has 6 heteroatoms. The minimum absolute atomic E-state index is 0.0692. The fourth-order valence-corrected chi connectivity index (χ4v) is 4.69. The first-order valence-electron chi connectivity index (χ1n) is 10.6. The number of benzene rings is 2. The molecule has 2 amide bonds. The summed E-state index contributed by atoms with van der Waals surface area (Å²) in [6, 6.07) is 16.5. The van der Waals surface area contributed by atoms with Crippen molar-refractivity contribution in [2.45, 2.75) is 31.7 Å². The number of aromatic nitrogens is 2. The van der Waals surface area contributed by atoms with Crippen LogP contribution in [0.25, 0.3) is 0 Å². The Morgan fingerprint density at radius 1 is 0.839 bits per heavy atom. The standard InChI is InChI=1S/C25H24N4O2/c1-29(21-14-18-8-4-5-9-19(18)15-21)25(31)22-23(27-11-10-26-22)28-24(30)20-12-16-6-2-3-7-17(16)13-20/h2-11,20-21H,12-15H2,1H3,(H,27,28,30). The predicted octanol–water partition coefficient (Wildman–Crippen LogP) is 3.07. The molecule has 3 aromatic rings. The summed E-state index contributed by atoms with van der Waals surface area (Å²) in [6.07, 6.45) is 6.03. The first kappa shape index (κ1) is 19.4. The van der Waals surface area contributed by atoms with Gasteiger partial charge in [-0.2, -0.15) is 0 Å². The number of nitrogens with one attached hydrogen (secondary N) is 1. The Morgan fingerprint density at radius 3 is 1.94 bits per heavy atom. The molecule has 0 aliphatic heterocycles. The monoisotopic (exact) mass is 412 g/mol. The largest absolute Gasteiger partial charge is 0.337 e. The molecule has 2 aromatic carbocycles. The Bertz CT molecular complexity index is 1110. The topological polar surface area (TPSA) is 75.2 Å². The number of amides is 2. The Balaban J connectivity index is 1.30. The van der Waals surface area contributed by atoms with Gasteiger partial charge in [-0.1, -0.05) is 48.5 Å². The van der Waals surface area contributed by atoms with E-state index in [1.165, 1.54) is 34.6 Å². The number of likely N-dealkylation sites (N-methyl/N-ethyl adjacent to an activating group) is 1. The number of fused-ring (bicyclic) bond motifs is 2. The van der Waals surface area contributed by atoms with Crippen LogP contribution < -0.4 is 5.32 Å². The third-order valence-corrected chi connectivity index (χ3v) is 6.46. The van der Waals surface area contributed by atoms with E-state index in [4.69, 9.17) is 0 Å². The summed E-state index contributed by atoms with van der Waals surface area (Å²) < 4.78 is 0. The minimum atomic E-state index is -0.226. The molecule has 0 radical (unpaired) electrons. The van der Waals surface area contributed by atoms with Crippen molar-refractivity contribution in [1.29, 1.82) is 0 Å². The van der Waals surface area contributed by atoms with Crippen molar-refractivity contribution >= 4 is 17.6 Å². The van der Waals surface area contributed by atoms with Gasteiger partial charge >= 0.3 is 0 Å². The Labute approximate surface area is 181 Å². The van der Waals surface area contributed by atoms with E-state index in [0.29, 0.717) is 12.8 Å². The normalized spacial score (nSPS) is 15.4. The van der Waals surface area contributed by atoms with Gasteiger partial charge in [-0.15, -0.1) is 0 Å². The highest BCUT2D eigenvalue weighted by Crippen LogP contribution is 2.28. The summed E-state index contributed by atoms with van der Waals surface area (Å²) in [6.45, 7) is 0. The van der Waals surface area contributed by atoms with Crippen LogP contribution in [0.2, 0.25) is 0 Å². The molecule has 0 unspecified atom stereocenters. The number of hydrogen-bond acceptors (Lipinski definition) is 4. The molecule has 6 nitrogen and oxygen atoms in total. The molecule has 1 heterocycles. The molecule has 5 rings (SSSR count). The summed E-state index contributed by atoms with van der Waals surface area (Å²) in [5, 5.41) is 2.87. The molecule has 31 heavy (non-hydrogen) atoms. The summed E-state index contributed by atoms with van der Waals surface area (Å²) in [4.78, 5) is 36.5. The van der Waals surface area contributed by atoms with E-state index in [-0.39, 0.29) is 35.3 Å². The van der Waals surface area contributed by atoms with Crippen molar-refractivity contribution in [1.82, 2.24) is 14.9 Å². The number of hydrogen-bond donors (Lipinski definition) is 1. The Kier molecular flexibility index (Phi) is 4.98. The third kappa shape index (κ3) is 3.69. The van der Waals surface area contributed by atoms with Crippen LogP contribution in [0.5, 0.6) is 0 Å². The van der Waals surface area contributed by atoms with Crippen molar-refractivity contribution in [2.24, 2.45) is 5.92 Å². The van der Waals surface area contributed by atoms with Gasteiger partial charge in [-0.3, -0.25) is 9.59 Å². The van der Waals surface area contributed by atoms with E-state index < -0.39 is 0 Å². The van der Waals surface area contributed by atoms with Gasteiger partial charge in [0.15, 0.2) is 11.5 Å². The first-order valence-corrected chi connectivity index (χ1v) is 10.6. The molecule has 0 saturated heterocycles. The molecule has 0 saturated carbocycles. The third-order valence-electron chi connectivity index (χ3n) is 6.46. The van der Waals surface area contributed by atoms with E-state index >= 15 is 0 Å². The van der Waals surface area contributed by atoms with Crippen molar-refractivity contribution in [3.63, 3.8) is 0 Å². The van der Waals surface area contributed by atoms with Gasteiger partial charge in [0.2, 0.25) is 5.91 Å². The summed E-state index contributed by atoms with van der Waals surface area (Å²) in [5.74, 6) is -0.280. The van der Waals surface area contributed by atoms with Crippen LogP contribution in [0.15, 0.2) is 60.9 Å². The van der Waals surface area contributed by atoms with E-state index in [9.17, 15) is 9.59 Å². The van der Waals surface area contributed by atoms with E-state index in [2.05, 4.69) is 39.6 Å². The van der Waals surface area contributed by atoms with E-state index in [1.54, 1.807) is 11.9 Å². The molecule has 1 N–H and O–H groups in total. The quantitative estimate of drug-likeness (QED) is 0.715. The number of carbonyl (C=O) groups is 2. The molecule has 2 aliphatic rings. The predicted molar refractivity (Wildman–Crippen MR) is 118 cm³/mol. The van der Waals surface area contributed by atoms with Crippen LogP contribution >= 0.6 is 0 Å². The van der Waals surface area contributed by atoms with E-state index in [1.807, 2.05) is 24.3 Å². The second-order valence-corrected chi connectivity index (χ2v) is 8.36. The van der Waals surface area contributed by atoms with Gasteiger partial charge in [0.05, 0.1) is 0 Å².